The number of allylic oxidation sites excluding steroid dienone is 10. The second kappa shape index (κ2) is 41.8. The van der Waals surface area contributed by atoms with Crippen LogP contribution in [0.15, 0.2) is 60.8 Å². The molecular weight excluding hydrogens is 743 g/mol. The van der Waals surface area contributed by atoms with Crippen molar-refractivity contribution in [2.75, 3.05) is 26.4 Å². The van der Waals surface area contributed by atoms with Crippen molar-refractivity contribution in [1.82, 2.24) is 0 Å². The van der Waals surface area contributed by atoms with E-state index in [1.165, 1.54) is 83.5 Å². The lowest BCUT2D eigenvalue weighted by atomic mass is 10.1. The Balaban J connectivity index is 4.39. The smallest absolute Gasteiger partial charge is 0.462 e. The van der Waals surface area contributed by atoms with Crippen LogP contribution in [0.4, 0.5) is 0 Å². The fraction of sp³-hybridized carbons (Fsp3) is 0.739. The minimum atomic E-state index is -4.63. The topological polar surface area (TPSA) is 149 Å². The van der Waals surface area contributed by atoms with E-state index >= 15 is 0 Å². The molecule has 0 saturated heterocycles. The van der Waals surface area contributed by atoms with E-state index in [9.17, 15) is 24.2 Å². The Hall–Kier alpha value is -2.33. The lowest BCUT2D eigenvalue weighted by Gasteiger charge is -2.20. The van der Waals surface area contributed by atoms with Crippen LogP contribution in [0, 0.1) is 0 Å². The van der Waals surface area contributed by atoms with Gasteiger partial charge in [-0.2, -0.15) is 0 Å². The Kier molecular flexibility index (Phi) is 40.1. The van der Waals surface area contributed by atoms with Crippen LogP contribution in [0.3, 0.4) is 0 Å². The summed E-state index contributed by atoms with van der Waals surface area (Å²) in [6.07, 6.45) is 46.2. The Morgan fingerprint density at radius 2 is 0.930 bits per heavy atom. The number of hydrogen-bond acceptors (Lipinski definition) is 9. The molecule has 0 bridgehead atoms. The number of carbonyl (C=O) groups excluding carboxylic acids is 2. The van der Waals surface area contributed by atoms with Crippen molar-refractivity contribution in [1.29, 1.82) is 0 Å². The van der Waals surface area contributed by atoms with Gasteiger partial charge in [-0.25, -0.2) is 4.57 Å². The SMILES string of the molecule is CCCCC/C=C/C/C=C/C/C=C/C/C=C/CCCC(=O)OC[C@H](COP(=O)(O)OC[C@@H](O)CO)OC(=O)CCCCCCCCC/C=C/CCCCCCCC. The zero-order chi connectivity index (χ0) is 41.9. The summed E-state index contributed by atoms with van der Waals surface area (Å²) in [5, 5.41) is 18.3. The molecule has 0 heterocycles. The molecule has 0 aromatic heterocycles. The van der Waals surface area contributed by atoms with Crippen LogP contribution in [0.25, 0.3) is 0 Å². The maximum absolute atomic E-state index is 12.6. The molecule has 1 unspecified atom stereocenters. The highest BCUT2D eigenvalue weighted by Gasteiger charge is 2.27. The average Bonchev–Trinajstić information content (AvgIpc) is 3.20. The van der Waals surface area contributed by atoms with Crippen LogP contribution in [0.2, 0.25) is 0 Å². The first-order valence-corrected chi connectivity index (χ1v) is 23.7. The molecule has 0 aliphatic rings. The van der Waals surface area contributed by atoms with E-state index < -0.39 is 51.8 Å². The van der Waals surface area contributed by atoms with E-state index in [1.54, 1.807) is 0 Å². The van der Waals surface area contributed by atoms with Gasteiger partial charge < -0.3 is 24.6 Å². The predicted octanol–water partition coefficient (Wildman–Crippen LogP) is 11.9. The maximum atomic E-state index is 12.6. The molecule has 57 heavy (non-hydrogen) atoms. The zero-order valence-corrected chi connectivity index (χ0v) is 36.7. The van der Waals surface area contributed by atoms with Crippen molar-refractivity contribution >= 4 is 19.8 Å². The van der Waals surface area contributed by atoms with Gasteiger partial charge in [-0.05, 0) is 77.0 Å². The summed E-state index contributed by atoms with van der Waals surface area (Å²) < 4.78 is 32.7. The third kappa shape index (κ3) is 41.6. The fourth-order valence-corrected chi connectivity index (χ4v) is 6.48. The summed E-state index contributed by atoms with van der Waals surface area (Å²) in [7, 11) is -4.63. The van der Waals surface area contributed by atoms with Crippen molar-refractivity contribution in [2.45, 2.75) is 193 Å². The summed E-state index contributed by atoms with van der Waals surface area (Å²) in [6.45, 7) is 2.28. The highest BCUT2D eigenvalue weighted by molar-refractivity contribution is 7.47. The molecule has 3 N–H and O–H groups in total. The number of aliphatic hydroxyl groups excluding tert-OH is 2. The highest BCUT2D eigenvalue weighted by atomic mass is 31.2. The van der Waals surface area contributed by atoms with Crippen LogP contribution < -0.4 is 0 Å². The zero-order valence-electron chi connectivity index (χ0n) is 35.8. The van der Waals surface area contributed by atoms with Crippen molar-refractivity contribution in [3.8, 4) is 0 Å². The molecule has 10 nitrogen and oxygen atoms in total. The lowest BCUT2D eigenvalue weighted by Crippen LogP contribution is -2.29. The third-order valence-electron chi connectivity index (χ3n) is 9.14. The number of esters is 2. The van der Waals surface area contributed by atoms with Crippen LogP contribution in [-0.2, 0) is 32.7 Å². The van der Waals surface area contributed by atoms with Gasteiger partial charge in [0.15, 0.2) is 6.10 Å². The van der Waals surface area contributed by atoms with Crippen LogP contribution in [0.5, 0.6) is 0 Å². The number of hydrogen-bond donors (Lipinski definition) is 3. The van der Waals surface area contributed by atoms with Crippen molar-refractivity contribution in [2.24, 2.45) is 0 Å². The largest absolute Gasteiger partial charge is 0.472 e. The van der Waals surface area contributed by atoms with E-state index in [0.29, 0.717) is 19.3 Å². The number of aliphatic hydroxyl groups is 2. The van der Waals surface area contributed by atoms with Gasteiger partial charge in [-0.15, -0.1) is 0 Å². The third-order valence-corrected chi connectivity index (χ3v) is 10.1. The monoisotopic (exact) mass is 825 g/mol. The first-order chi connectivity index (χ1) is 27.7. The number of rotatable bonds is 41. The number of carbonyl (C=O) groups is 2. The molecule has 11 heteroatoms. The molecule has 0 fully saturated rings. The first-order valence-electron chi connectivity index (χ1n) is 22.2. The van der Waals surface area contributed by atoms with Crippen LogP contribution in [-0.4, -0.2) is 65.7 Å². The lowest BCUT2D eigenvalue weighted by molar-refractivity contribution is -0.161. The van der Waals surface area contributed by atoms with Crippen molar-refractivity contribution in [3.63, 3.8) is 0 Å². The molecule has 0 spiro atoms. The number of ether oxygens (including phenoxy) is 2. The van der Waals surface area contributed by atoms with Gasteiger partial charge in [0.1, 0.15) is 12.7 Å². The van der Waals surface area contributed by atoms with E-state index in [4.69, 9.17) is 19.1 Å². The summed E-state index contributed by atoms with van der Waals surface area (Å²) in [6, 6.07) is 0. The summed E-state index contributed by atoms with van der Waals surface area (Å²) >= 11 is 0. The van der Waals surface area contributed by atoms with E-state index in [-0.39, 0.29) is 19.4 Å². The van der Waals surface area contributed by atoms with E-state index in [1.807, 2.05) is 6.08 Å². The molecule has 0 aliphatic heterocycles. The van der Waals surface area contributed by atoms with Gasteiger partial charge >= 0.3 is 19.8 Å². The van der Waals surface area contributed by atoms with Gasteiger partial charge in [0.05, 0.1) is 19.8 Å². The molecule has 0 aromatic carbocycles. The summed E-state index contributed by atoms with van der Waals surface area (Å²) in [5.41, 5.74) is 0. The van der Waals surface area contributed by atoms with Crippen LogP contribution in [0.1, 0.15) is 181 Å². The number of phosphoric acid groups is 1. The minimum Gasteiger partial charge on any atom is -0.462 e. The second-order valence-electron chi connectivity index (χ2n) is 14.7. The quantitative estimate of drug-likeness (QED) is 0.0235. The van der Waals surface area contributed by atoms with Crippen molar-refractivity contribution in [3.05, 3.63) is 60.8 Å². The predicted molar refractivity (Wildman–Crippen MR) is 233 cm³/mol. The fourth-order valence-electron chi connectivity index (χ4n) is 5.69. The number of phosphoric ester groups is 1. The molecule has 0 saturated carbocycles. The molecule has 0 rings (SSSR count). The Labute approximate surface area is 346 Å². The summed E-state index contributed by atoms with van der Waals surface area (Å²) in [5.74, 6) is -0.997. The summed E-state index contributed by atoms with van der Waals surface area (Å²) in [4.78, 5) is 35.0. The van der Waals surface area contributed by atoms with Gasteiger partial charge in [-0.1, -0.05) is 152 Å². The van der Waals surface area contributed by atoms with Crippen LogP contribution >= 0.6 is 7.82 Å². The van der Waals surface area contributed by atoms with Gasteiger partial charge in [0.2, 0.25) is 0 Å². The van der Waals surface area contributed by atoms with E-state index in [2.05, 4.69) is 73.1 Å². The van der Waals surface area contributed by atoms with Crippen molar-refractivity contribution < 1.29 is 47.8 Å². The standard InChI is InChI=1S/C46H81O10P/c1-3-5-7-9-11-13-15-17-19-21-23-25-27-29-31-33-35-37-45(49)53-41-44(42-55-57(51,52)54-40-43(48)39-47)56-46(50)38-36-34-32-30-28-26-24-22-20-18-16-14-12-10-8-6-4-2/h11,13,17-20,23,25,29,31,43-44,47-48H,3-10,12,14-16,21-22,24,26-28,30,32-42H2,1-2H3,(H,51,52)/b13-11+,19-17+,20-18+,25-23+,31-29+/t43-,44+/m0/s1. The molecule has 0 radical (unpaired) electrons. The Bertz CT molecular complexity index is 1130. The Morgan fingerprint density at radius 3 is 1.47 bits per heavy atom. The number of unbranched alkanes of at least 4 members (excludes halogenated alkanes) is 17. The minimum absolute atomic E-state index is 0.163. The average molecular weight is 825 g/mol. The molecule has 330 valence electrons. The van der Waals surface area contributed by atoms with Gasteiger partial charge in [0.25, 0.3) is 0 Å². The Morgan fingerprint density at radius 1 is 0.526 bits per heavy atom. The van der Waals surface area contributed by atoms with Gasteiger partial charge in [-0.3, -0.25) is 18.6 Å². The normalized spacial score (nSPS) is 14.4. The van der Waals surface area contributed by atoms with Gasteiger partial charge in [0, 0.05) is 12.8 Å². The molecular formula is C46H81O10P. The highest BCUT2D eigenvalue weighted by Crippen LogP contribution is 2.43. The van der Waals surface area contributed by atoms with E-state index in [0.717, 1.165) is 51.4 Å². The maximum Gasteiger partial charge on any atom is 0.472 e. The molecule has 0 aliphatic carbocycles. The first kappa shape index (κ1) is 54.7. The molecule has 3 atom stereocenters. The molecule has 0 amide bonds. The second-order valence-corrected chi connectivity index (χ2v) is 16.2. The molecule has 0 aromatic rings.